The van der Waals surface area contributed by atoms with Gasteiger partial charge in [0.25, 0.3) is 0 Å². The van der Waals surface area contributed by atoms with Crippen molar-refractivity contribution in [1.29, 1.82) is 0 Å². The zero-order valence-electron chi connectivity index (χ0n) is 16.0. The second-order valence-corrected chi connectivity index (χ2v) is 7.36. The lowest BCUT2D eigenvalue weighted by Crippen LogP contribution is -2.04. The van der Waals surface area contributed by atoms with Gasteiger partial charge in [-0.25, -0.2) is 14.4 Å². The molecule has 0 saturated heterocycles. The first-order valence-corrected chi connectivity index (χ1v) is 11.6. The van der Waals surface area contributed by atoms with Crippen molar-refractivity contribution in [3.05, 3.63) is 47.5 Å². The van der Waals surface area contributed by atoms with Crippen LogP contribution in [0.2, 0.25) is 5.02 Å². The van der Waals surface area contributed by atoms with Gasteiger partial charge in [0.2, 0.25) is 0 Å². The first kappa shape index (κ1) is 23.6. The smallest absolute Gasteiger partial charge is 0.163 e. The van der Waals surface area contributed by atoms with Crippen molar-refractivity contribution < 1.29 is 13.9 Å². The molecule has 156 valence electrons. The van der Waals surface area contributed by atoms with E-state index in [-0.39, 0.29) is 5.02 Å². The number of hydrogen-bond acceptors (Lipinski definition) is 5. The normalized spacial score (nSPS) is 10.3. The Morgan fingerprint density at radius 3 is 2.28 bits per heavy atom. The molecular formula is C20H21Br2ClFN3O2. The summed E-state index contributed by atoms with van der Waals surface area (Å²) >= 11 is 12.6. The van der Waals surface area contributed by atoms with E-state index in [0.29, 0.717) is 52.4 Å². The van der Waals surface area contributed by atoms with E-state index in [1.54, 1.807) is 6.07 Å². The molecule has 0 amide bonds. The van der Waals surface area contributed by atoms with Crippen molar-refractivity contribution in [3.8, 4) is 11.5 Å². The molecule has 3 aromatic rings. The van der Waals surface area contributed by atoms with Crippen LogP contribution in [-0.4, -0.2) is 33.8 Å². The molecule has 29 heavy (non-hydrogen) atoms. The summed E-state index contributed by atoms with van der Waals surface area (Å²) in [6.45, 7) is 4.99. The van der Waals surface area contributed by atoms with Gasteiger partial charge in [0.1, 0.15) is 18.0 Å². The van der Waals surface area contributed by atoms with Crippen molar-refractivity contribution in [2.75, 3.05) is 29.2 Å². The summed E-state index contributed by atoms with van der Waals surface area (Å²) in [4.78, 5) is 8.61. The molecule has 1 N–H and O–H groups in total. The van der Waals surface area contributed by atoms with E-state index in [1.807, 2.05) is 26.0 Å². The maximum atomic E-state index is 13.4. The van der Waals surface area contributed by atoms with Crippen LogP contribution in [0.25, 0.3) is 10.9 Å². The topological polar surface area (TPSA) is 56.3 Å². The Bertz CT molecular complexity index is 947. The number of rotatable bonds is 8. The van der Waals surface area contributed by atoms with E-state index >= 15 is 0 Å². The Morgan fingerprint density at radius 1 is 1.00 bits per heavy atom. The summed E-state index contributed by atoms with van der Waals surface area (Å²) in [5, 5.41) is 5.31. The Hall–Kier alpha value is -1.64. The lowest BCUT2D eigenvalue weighted by atomic mass is 10.2. The molecular weight excluding hydrogens is 528 g/mol. The third kappa shape index (κ3) is 6.42. The molecule has 9 heteroatoms. The first-order valence-electron chi connectivity index (χ1n) is 9.00. The van der Waals surface area contributed by atoms with E-state index < -0.39 is 5.82 Å². The number of fused-ring (bicyclic) bond motifs is 1. The highest BCUT2D eigenvalue weighted by Gasteiger charge is 2.13. The Balaban J connectivity index is 0.00000145. The molecule has 1 aromatic heterocycles. The van der Waals surface area contributed by atoms with E-state index in [4.69, 9.17) is 21.1 Å². The lowest BCUT2D eigenvalue weighted by molar-refractivity contribution is 0.292. The number of nitrogens with zero attached hydrogens (tertiary/aromatic N) is 2. The summed E-state index contributed by atoms with van der Waals surface area (Å²) in [6.07, 6.45) is 1.45. The second-order valence-electron chi connectivity index (χ2n) is 5.37. The second kappa shape index (κ2) is 12.1. The molecule has 0 aliphatic carbocycles. The van der Waals surface area contributed by atoms with E-state index in [1.165, 1.54) is 18.5 Å². The van der Waals surface area contributed by atoms with Gasteiger partial charge in [-0.05, 0) is 24.3 Å². The summed E-state index contributed by atoms with van der Waals surface area (Å²) < 4.78 is 24.9. The molecule has 0 unspecified atom stereocenters. The number of alkyl halides is 2. The van der Waals surface area contributed by atoms with Crippen LogP contribution in [0.15, 0.2) is 36.7 Å². The van der Waals surface area contributed by atoms with E-state index in [2.05, 4.69) is 47.1 Å². The SMILES string of the molecule is CC.Fc1ccc(Nc2ncnc3cc(OCCBr)c(OCCBr)cc23)cc1Cl. The third-order valence-electron chi connectivity index (χ3n) is 3.55. The van der Waals surface area contributed by atoms with Gasteiger partial charge in [-0.2, -0.15) is 0 Å². The quantitative estimate of drug-likeness (QED) is 0.316. The van der Waals surface area contributed by atoms with Gasteiger partial charge in [-0.1, -0.05) is 57.3 Å². The monoisotopic (exact) mass is 547 g/mol. The van der Waals surface area contributed by atoms with Crippen molar-refractivity contribution >= 4 is 65.9 Å². The van der Waals surface area contributed by atoms with Gasteiger partial charge >= 0.3 is 0 Å². The minimum Gasteiger partial charge on any atom is -0.489 e. The predicted molar refractivity (Wildman–Crippen MR) is 124 cm³/mol. The highest BCUT2D eigenvalue weighted by Crippen LogP contribution is 2.35. The zero-order chi connectivity index (χ0) is 21.2. The molecule has 0 bridgehead atoms. The maximum absolute atomic E-state index is 13.4. The number of benzene rings is 2. The molecule has 5 nitrogen and oxygen atoms in total. The molecule has 1 heterocycles. The minimum atomic E-state index is -0.478. The highest BCUT2D eigenvalue weighted by atomic mass is 79.9. The average Bonchev–Trinajstić information content (AvgIpc) is 2.74. The third-order valence-corrected chi connectivity index (χ3v) is 4.49. The van der Waals surface area contributed by atoms with Crippen LogP contribution < -0.4 is 14.8 Å². The molecule has 2 aromatic carbocycles. The van der Waals surface area contributed by atoms with Crippen LogP contribution in [0.1, 0.15) is 13.8 Å². The number of hydrogen-bond donors (Lipinski definition) is 1. The molecule has 0 saturated carbocycles. The number of anilines is 2. The molecule has 0 aliphatic heterocycles. The van der Waals surface area contributed by atoms with Gasteiger partial charge in [0, 0.05) is 27.8 Å². The van der Waals surface area contributed by atoms with Crippen LogP contribution in [0.5, 0.6) is 11.5 Å². The number of halogens is 4. The Morgan fingerprint density at radius 2 is 1.66 bits per heavy atom. The predicted octanol–water partition coefficient (Wildman–Crippen LogP) is 6.74. The van der Waals surface area contributed by atoms with Crippen molar-refractivity contribution in [2.24, 2.45) is 0 Å². The maximum Gasteiger partial charge on any atom is 0.163 e. The number of nitrogens with one attached hydrogen (secondary N) is 1. The van der Waals surface area contributed by atoms with Crippen molar-refractivity contribution in [3.63, 3.8) is 0 Å². The lowest BCUT2D eigenvalue weighted by Gasteiger charge is -2.14. The standard InChI is InChI=1S/C18H15Br2ClFN3O2.C2H6/c19-3-5-26-16-8-12-15(9-17(16)27-6-4-20)23-10-24-18(12)25-11-1-2-14(22)13(21)7-11;1-2/h1-2,7-10H,3-6H2,(H,23,24,25);1-2H3. The summed E-state index contributed by atoms with van der Waals surface area (Å²) in [7, 11) is 0. The van der Waals surface area contributed by atoms with Crippen molar-refractivity contribution in [2.45, 2.75) is 13.8 Å². The molecule has 0 atom stereocenters. The van der Waals surface area contributed by atoms with Crippen LogP contribution in [0.4, 0.5) is 15.9 Å². The van der Waals surface area contributed by atoms with Crippen molar-refractivity contribution in [1.82, 2.24) is 9.97 Å². The van der Waals surface area contributed by atoms with Gasteiger partial charge in [-0.15, -0.1) is 0 Å². The zero-order valence-corrected chi connectivity index (χ0v) is 19.9. The average molecular weight is 550 g/mol. The summed E-state index contributed by atoms with van der Waals surface area (Å²) in [5.41, 5.74) is 1.31. The van der Waals surface area contributed by atoms with Gasteiger partial charge < -0.3 is 14.8 Å². The molecule has 3 rings (SSSR count). The van der Waals surface area contributed by atoms with E-state index in [0.717, 1.165) is 5.39 Å². The minimum absolute atomic E-state index is 0.0326. The van der Waals surface area contributed by atoms with Crippen LogP contribution in [0.3, 0.4) is 0 Å². The molecule has 0 fully saturated rings. The highest BCUT2D eigenvalue weighted by molar-refractivity contribution is 9.09. The van der Waals surface area contributed by atoms with Gasteiger partial charge in [-0.3, -0.25) is 0 Å². The van der Waals surface area contributed by atoms with Crippen LogP contribution in [0, 0.1) is 5.82 Å². The summed E-state index contributed by atoms with van der Waals surface area (Å²) in [5.74, 6) is 1.28. The largest absolute Gasteiger partial charge is 0.489 e. The van der Waals surface area contributed by atoms with Crippen LogP contribution >= 0.6 is 43.5 Å². The van der Waals surface area contributed by atoms with Gasteiger partial charge in [0.05, 0.1) is 23.8 Å². The fraction of sp³-hybridized carbons (Fsp3) is 0.300. The first-order chi connectivity index (χ1) is 14.1. The molecule has 0 spiro atoms. The Kier molecular flexibility index (Phi) is 9.90. The van der Waals surface area contributed by atoms with Crippen LogP contribution in [-0.2, 0) is 0 Å². The molecule has 0 aliphatic rings. The number of aromatic nitrogens is 2. The summed E-state index contributed by atoms with van der Waals surface area (Å²) in [6, 6.07) is 8.03. The number of ether oxygens (including phenoxy) is 2. The fourth-order valence-electron chi connectivity index (χ4n) is 2.40. The van der Waals surface area contributed by atoms with E-state index in [9.17, 15) is 4.39 Å². The molecule has 0 radical (unpaired) electrons. The van der Waals surface area contributed by atoms with Gasteiger partial charge in [0.15, 0.2) is 11.5 Å². The fourth-order valence-corrected chi connectivity index (χ4v) is 2.90. The Labute approximate surface area is 191 Å².